The van der Waals surface area contributed by atoms with Crippen molar-refractivity contribution in [3.8, 4) is 5.75 Å². The smallest absolute Gasteiger partial charge is 0.256 e. The van der Waals surface area contributed by atoms with Crippen molar-refractivity contribution in [3.05, 3.63) is 92.5 Å². The van der Waals surface area contributed by atoms with Crippen LogP contribution in [-0.4, -0.2) is 20.7 Å². The van der Waals surface area contributed by atoms with Crippen molar-refractivity contribution in [3.63, 3.8) is 0 Å². The summed E-state index contributed by atoms with van der Waals surface area (Å²) in [5.41, 5.74) is 3.95. The average Bonchev–Trinajstić information content (AvgIpc) is 3.42. The van der Waals surface area contributed by atoms with E-state index < -0.39 is 0 Å². The number of rotatable bonds is 7. The molecule has 4 rings (SSSR count). The number of carbonyl (C=O) groups excluding carboxylic acids is 1. The van der Waals surface area contributed by atoms with Gasteiger partial charge in [-0.25, -0.2) is 9.67 Å². The highest BCUT2D eigenvalue weighted by molar-refractivity contribution is 7.07. The summed E-state index contributed by atoms with van der Waals surface area (Å²) >= 11 is 13.9. The summed E-state index contributed by atoms with van der Waals surface area (Å²) in [5.74, 6) is 0.972. The first-order chi connectivity index (χ1) is 14.6. The molecule has 0 spiro atoms. The van der Waals surface area contributed by atoms with Crippen LogP contribution in [-0.2, 0) is 13.2 Å². The molecular formula is C21H16Cl2N4O2S. The number of carbonyl (C=O) groups is 1. The van der Waals surface area contributed by atoms with Crippen LogP contribution >= 0.6 is 34.5 Å². The van der Waals surface area contributed by atoms with Crippen molar-refractivity contribution < 1.29 is 9.53 Å². The van der Waals surface area contributed by atoms with E-state index in [2.05, 4.69) is 15.4 Å². The SMILES string of the molecule is O=C(Nc1ccnn1Cc1cccc(Cl)c1Cl)c1ccc(OCc2cscn2)cc1. The molecule has 6 nitrogen and oxygen atoms in total. The lowest BCUT2D eigenvalue weighted by Crippen LogP contribution is -2.16. The summed E-state index contributed by atoms with van der Waals surface area (Å²) in [6.07, 6.45) is 1.61. The number of nitrogens with zero attached hydrogens (tertiary/aromatic N) is 3. The van der Waals surface area contributed by atoms with Crippen molar-refractivity contribution in [2.24, 2.45) is 0 Å². The van der Waals surface area contributed by atoms with E-state index in [1.807, 2.05) is 17.5 Å². The molecular weight excluding hydrogens is 443 g/mol. The molecule has 0 bridgehead atoms. The van der Waals surface area contributed by atoms with Gasteiger partial charge in [-0.05, 0) is 35.9 Å². The Morgan fingerprint density at radius 1 is 1.13 bits per heavy atom. The van der Waals surface area contributed by atoms with Gasteiger partial charge in [0, 0.05) is 17.0 Å². The molecule has 0 saturated carbocycles. The van der Waals surface area contributed by atoms with Crippen LogP contribution in [0.15, 0.2) is 65.6 Å². The molecule has 0 aliphatic heterocycles. The first-order valence-electron chi connectivity index (χ1n) is 8.96. The number of hydrogen-bond donors (Lipinski definition) is 1. The number of hydrogen-bond acceptors (Lipinski definition) is 5. The number of amides is 1. The highest BCUT2D eigenvalue weighted by Crippen LogP contribution is 2.26. The predicted molar refractivity (Wildman–Crippen MR) is 119 cm³/mol. The van der Waals surface area contributed by atoms with Gasteiger partial charge in [-0.15, -0.1) is 11.3 Å². The van der Waals surface area contributed by atoms with Gasteiger partial charge in [0.05, 0.1) is 34.0 Å². The van der Waals surface area contributed by atoms with E-state index in [1.54, 1.807) is 52.8 Å². The minimum atomic E-state index is -0.250. The van der Waals surface area contributed by atoms with Crippen LogP contribution in [0.1, 0.15) is 21.6 Å². The number of nitrogens with one attached hydrogen (secondary N) is 1. The van der Waals surface area contributed by atoms with Gasteiger partial charge < -0.3 is 10.1 Å². The molecule has 0 atom stereocenters. The molecule has 0 aliphatic rings. The second-order valence-electron chi connectivity index (χ2n) is 6.33. The first-order valence-corrected chi connectivity index (χ1v) is 10.7. The van der Waals surface area contributed by atoms with E-state index >= 15 is 0 Å². The Hall–Kier alpha value is -2.87. The predicted octanol–water partition coefficient (Wildman–Crippen LogP) is 5.53. The normalized spacial score (nSPS) is 10.7. The number of halogens is 2. The van der Waals surface area contributed by atoms with Gasteiger partial charge in [-0.3, -0.25) is 4.79 Å². The highest BCUT2D eigenvalue weighted by Gasteiger charge is 2.12. The van der Waals surface area contributed by atoms with Crippen molar-refractivity contribution in [1.29, 1.82) is 0 Å². The minimum absolute atomic E-state index is 0.250. The summed E-state index contributed by atoms with van der Waals surface area (Å²) in [4.78, 5) is 16.8. The van der Waals surface area contributed by atoms with Crippen LogP contribution < -0.4 is 10.1 Å². The lowest BCUT2D eigenvalue weighted by Gasteiger charge is -2.11. The van der Waals surface area contributed by atoms with Crippen molar-refractivity contribution in [1.82, 2.24) is 14.8 Å². The zero-order valence-electron chi connectivity index (χ0n) is 15.6. The lowest BCUT2D eigenvalue weighted by molar-refractivity contribution is 0.102. The third kappa shape index (κ3) is 4.81. The third-order valence-corrected chi connectivity index (χ3v) is 5.79. The molecule has 0 radical (unpaired) electrons. The number of benzene rings is 2. The molecule has 0 saturated heterocycles. The van der Waals surface area contributed by atoms with Gasteiger partial charge in [0.15, 0.2) is 0 Å². The summed E-state index contributed by atoms with van der Waals surface area (Å²) in [5, 5.41) is 10.0. The summed E-state index contributed by atoms with van der Waals surface area (Å²) in [6, 6.07) is 14.1. The Morgan fingerprint density at radius 2 is 1.97 bits per heavy atom. The second-order valence-corrected chi connectivity index (χ2v) is 7.84. The zero-order chi connectivity index (χ0) is 20.9. The molecule has 9 heteroatoms. The molecule has 4 aromatic rings. The number of anilines is 1. The van der Waals surface area contributed by atoms with E-state index in [9.17, 15) is 4.79 Å². The van der Waals surface area contributed by atoms with Crippen molar-refractivity contribution in [2.75, 3.05) is 5.32 Å². The maximum Gasteiger partial charge on any atom is 0.256 e. The maximum absolute atomic E-state index is 12.6. The molecule has 0 fully saturated rings. The van der Waals surface area contributed by atoms with Gasteiger partial charge in [0.1, 0.15) is 18.2 Å². The van der Waals surface area contributed by atoms with Crippen molar-refractivity contribution >= 4 is 46.3 Å². The summed E-state index contributed by atoms with van der Waals surface area (Å²) < 4.78 is 7.33. The van der Waals surface area contributed by atoms with E-state index in [1.165, 1.54) is 11.3 Å². The molecule has 2 heterocycles. The fourth-order valence-corrected chi connectivity index (χ4v) is 3.68. The van der Waals surface area contributed by atoms with Crippen molar-refractivity contribution in [2.45, 2.75) is 13.2 Å². The van der Waals surface area contributed by atoms with Crippen LogP contribution in [0, 0.1) is 0 Å². The lowest BCUT2D eigenvalue weighted by atomic mass is 10.2. The fraction of sp³-hybridized carbons (Fsp3) is 0.0952. The number of aromatic nitrogens is 3. The number of thiazole rings is 1. The van der Waals surface area contributed by atoms with Crippen LogP contribution in [0.5, 0.6) is 5.75 Å². The van der Waals surface area contributed by atoms with Gasteiger partial charge >= 0.3 is 0 Å². The zero-order valence-corrected chi connectivity index (χ0v) is 17.9. The molecule has 2 aromatic heterocycles. The molecule has 0 aliphatic carbocycles. The Labute approximate surface area is 187 Å². The van der Waals surface area contributed by atoms with Gasteiger partial charge in [-0.2, -0.15) is 5.10 Å². The molecule has 2 aromatic carbocycles. The van der Waals surface area contributed by atoms with Gasteiger partial charge in [-0.1, -0.05) is 35.3 Å². The van der Waals surface area contributed by atoms with Crippen LogP contribution in [0.4, 0.5) is 5.82 Å². The quantitative estimate of drug-likeness (QED) is 0.395. The Kier molecular flexibility index (Phi) is 6.32. The van der Waals surface area contributed by atoms with E-state index in [0.717, 1.165) is 11.3 Å². The molecule has 1 amide bonds. The molecule has 30 heavy (non-hydrogen) atoms. The molecule has 152 valence electrons. The van der Waals surface area contributed by atoms with E-state index in [-0.39, 0.29) is 5.91 Å². The summed E-state index contributed by atoms with van der Waals surface area (Å²) in [6.45, 7) is 0.770. The Balaban J connectivity index is 1.40. The molecule has 0 unspecified atom stereocenters. The fourth-order valence-electron chi connectivity index (χ4n) is 2.75. The van der Waals surface area contributed by atoms with Crippen LogP contribution in [0.25, 0.3) is 0 Å². The maximum atomic E-state index is 12.6. The van der Waals surface area contributed by atoms with Gasteiger partial charge in [0.25, 0.3) is 5.91 Å². The Morgan fingerprint density at radius 3 is 2.73 bits per heavy atom. The van der Waals surface area contributed by atoms with Crippen LogP contribution in [0.2, 0.25) is 10.0 Å². The van der Waals surface area contributed by atoms with Gasteiger partial charge in [0.2, 0.25) is 0 Å². The minimum Gasteiger partial charge on any atom is -0.487 e. The van der Waals surface area contributed by atoms with Crippen LogP contribution in [0.3, 0.4) is 0 Å². The van der Waals surface area contributed by atoms with E-state index in [0.29, 0.717) is 40.3 Å². The topological polar surface area (TPSA) is 69.0 Å². The first kappa shape index (κ1) is 20.4. The van der Waals surface area contributed by atoms with E-state index in [4.69, 9.17) is 27.9 Å². The second kappa shape index (κ2) is 9.30. The average molecular weight is 459 g/mol. The molecule has 1 N–H and O–H groups in total. The Bertz CT molecular complexity index is 1140. The highest BCUT2D eigenvalue weighted by atomic mass is 35.5. The summed E-state index contributed by atoms with van der Waals surface area (Å²) in [7, 11) is 0. The third-order valence-electron chi connectivity index (χ3n) is 4.30. The largest absolute Gasteiger partial charge is 0.487 e. The standard InChI is InChI=1S/C21H16Cl2N4O2S/c22-18-3-1-2-15(20(18)23)10-27-19(8-9-25-27)26-21(28)14-4-6-17(7-5-14)29-11-16-12-30-13-24-16/h1-9,12-13H,10-11H2,(H,26,28). The number of ether oxygens (including phenoxy) is 1. The monoisotopic (exact) mass is 458 g/mol.